The minimum Gasteiger partial charge on any atom is -0.329 e. The van der Waals surface area contributed by atoms with Gasteiger partial charge in [-0.1, -0.05) is 6.07 Å². The van der Waals surface area contributed by atoms with Crippen LogP contribution in [0.15, 0.2) is 23.1 Å². The van der Waals surface area contributed by atoms with Gasteiger partial charge in [0.15, 0.2) is 0 Å². The predicted molar refractivity (Wildman–Crippen MR) is 67.2 cm³/mol. The lowest BCUT2D eigenvalue weighted by molar-refractivity contribution is 0.559. The van der Waals surface area contributed by atoms with E-state index in [9.17, 15) is 12.8 Å². The fraction of sp³-hybridized carbons (Fsp3) is 0.400. The summed E-state index contributed by atoms with van der Waals surface area (Å²) in [5.41, 5.74) is 5.82. The Morgan fingerprint density at radius 3 is 2.59 bits per heavy atom. The summed E-state index contributed by atoms with van der Waals surface area (Å²) in [6.45, 7) is 3.45. The maximum Gasteiger partial charge on any atom is 0.241 e. The Labute approximate surface area is 107 Å². The lowest BCUT2D eigenvalue weighted by atomic mass is 10.2. The highest BCUT2D eigenvalue weighted by Gasteiger charge is 2.19. The van der Waals surface area contributed by atoms with E-state index >= 15 is 0 Å². The molecule has 1 rings (SSSR count). The molecule has 0 spiro atoms. The Hall–Kier alpha value is -0.690. The van der Waals surface area contributed by atoms with Crippen molar-refractivity contribution in [3.63, 3.8) is 0 Å². The quantitative estimate of drug-likeness (QED) is 0.871. The highest BCUT2D eigenvalue weighted by Crippen LogP contribution is 2.16. The molecule has 1 atom stereocenters. The van der Waals surface area contributed by atoms with Gasteiger partial charge in [0.1, 0.15) is 5.82 Å². The van der Waals surface area contributed by atoms with Crippen LogP contribution in [0, 0.1) is 12.7 Å². The van der Waals surface area contributed by atoms with Crippen LogP contribution in [0.4, 0.5) is 4.39 Å². The summed E-state index contributed by atoms with van der Waals surface area (Å²) < 4.78 is 39.0. The number of sulfonamides is 1. The Morgan fingerprint density at radius 2 is 2.06 bits per heavy atom. The van der Waals surface area contributed by atoms with Crippen molar-refractivity contribution in [3.05, 3.63) is 29.6 Å². The van der Waals surface area contributed by atoms with E-state index in [4.69, 9.17) is 5.73 Å². The summed E-state index contributed by atoms with van der Waals surface area (Å²) >= 11 is 0. The van der Waals surface area contributed by atoms with Gasteiger partial charge in [0.2, 0.25) is 10.0 Å². The van der Waals surface area contributed by atoms with Gasteiger partial charge in [0, 0.05) is 12.6 Å². The van der Waals surface area contributed by atoms with Crippen LogP contribution in [-0.4, -0.2) is 21.0 Å². The molecule has 1 aromatic carbocycles. The van der Waals surface area contributed by atoms with Crippen molar-refractivity contribution >= 4 is 22.4 Å². The number of nitrogens with one attached hydrogen (secondary N) is 1. The van der Waals surface area contributed by atoms with Crippen LogP contribution in [0.2, 0.25) is 0 Å². The second-order valence-corrected chi connectivity index (χ2v) is 5.35. The van der Waals surface area contributed by atoms with Crippen LogP contribution in [0.3, 0.4) is 0 Å². The molecule has 1 aromatic rings. The van der Waals surface area contributed by atoms with E-state index in [2.05, 4.69) is 4.72 Å². The first-order chi connectivity index (χ1) is 7.36. The topological polar surface area (TPSA) is 72.2 Å². The fourth-order valence-electron chi connectivity index (χ4n) is 1.24. The summed E-state index contributed by atoms with van der Waals surface area (Å²) in [5.74, 6) is -0.577. The molecule has 0 radical (unpaired) electrons. The van der Waals surface area contributed by atoms with Gasteiger partial charge in [-0.2, -0.15) is 0 Å². The average Bonchev–Trinajstić information content (AvgIpc) is 2.20. The van der Waals surface area contributed by atoms with E-state index in [1.165, 1.54) is 12.1 Å². The average molecular weight is 283 g/mol. The molecule has 0 aliphatic heterocycles. The summed E-state index contributed by atoms with van der Waals surface area (Å²) in [6.07, 6.45) is 0. The van der Waals surface area contributed by atoms with E-state index in [1.54, 1.807) is 13.8 Å². The van der Waals surface area contributed by atoms with E-state index in [1.807, 2.05) is 0 Å². The van der Waals surface area contributed by atoms with Crippen LogP contribution < -0.4 is 10.5 Å². The van der Waals surface area contributed by atoms with Crippen LogP contribution in [0.5, 0.6) is 0 Å². The number of rotatable bonds is 4. The van der Waals surface area contributed by atoms with Gasteiger partial charge in [0.25, 0.3) is 0 Å². The monoisotopic (exact) mass is 282 g/mol. The smallest absolute Gasteiger partial charge is 0.241 e. The number of hydrogen-bond donors (Lipinski definition) is 2. The standard InChI is InChI=1S/C10H15FN2O2S.ClH/c1-7-3-4-9(11)5-10(7)16(14,15)13-8(2)6-12;/h3-5,8,13H,6,12H2,1-2H3;1H/t8-;/m1./s1. The maximum atomic E-state index is 13.0. The maximum absolute atomic E-state index is 13.0. The van der Waals surface area contributed by atoms with Crippen molar-refractivity contribution in [2.45, 2.75) is 24.8 Å². The van der Waals surface area contributed by atoms with Crippen molar-refractivity contribution in [2.24, 2.45) is 5.73 Å². The Balaban J connectivity index is 0.00000256. The van der Waals surface area contributed by atoms with Crippen LogP contribution in [0.1, 0.15) is 12.5 Å². The lowest BCUT2D eigenvalue weighted by Gasteiger charge is -2.13. The molecule has 0 saturated heterocycles. The zero-order valence-corrected chi connectivity index (χ0v) is 11.2. The first kappa shape index (κ1) is 16.3. The molecule has 0 heterocycles. The van der Waals surface area contributed by atoms with Crippen molar-refractivity contribution < 1.29 is 12.8 Å². The highest BCUT2D eigenvalue weighted by molar-refractivity contribution is 7.89. The Morgan fingerprint density at radius 1 is 1.47 bits per heavy atom. The third-order valence-electron chi connectivity index (χ3n) is 2.15. The Kier molecular flexibility index (Phi) is 6.04. The molecule has 4 nitrogen and oxygen atoms in total. The third kappa shape index (κ3) is 4.23. The molecule has 0 amide bonds. The molecule has 7 heteroatoms. The molecule has 0 unspecified atom stereocenters. The molecule has 3 N–H and O–H groups in total. The van der Waals surface area contributed by atoms with Crippen LogP contribution in [0.25, 0.3) is 0 Å². The number of benzene rings is 1. The molecule has 0 saturated carbocycles. The molecule has 98 valence electrons. The normalized spacial score (nSPS) is 12.9. The molecule has 0 fully saturated rings. The zero-order valence-electron chi connectivity index (χ0n) is 9.60. The number of nitrogens with two attached hydrogens (primary N) is 1. The minimum absolute atomic E-state index is 0. The van der Waals surface area contributed by atoms with Gasteiger partial charge in [-0.25, -0.2) is 17.5 Å². The number of aryl methyl sites for hydroxylation is 1. The van der Waals surface area contributed by atoms with Crippen molar-refractivity contribution in [2.75, 3.05) is 6.54 Å². The van der Waals surface area contributed by atoms with Gasteiger partial charge < -0.3 is 5.73 Å². The zero-order chi connectivity index (χ0) is 12.3. The second-order valence-electron chi connectivity index (χ2n) is 3.67. The molecule has 17 heavy (non-hydrogen) atoms. The third-order valence-corrected chi connectivity index (χ3v) is 3.88. The van der Waals surface area contributed by atoms with Crippen molar-refractivity contribution in [1.82, 2.24) is 4.72 Å². The van der Waals surface area contributed by atoms with Gasteiger partial charge in [-0.05, 0) is 31.5 Å². The van der Waals surface area contributed by atoms with E-state index < -0.39 is 15.8 Å². The number of hydrogen-bond acceptors (Lipinski definition) is 3. The van der Waals surface area contributed by atoms with E-state index in [0.717, 1.165) is 6.07 Å². The van der Waals surface area contributed by atoms with E-state index in [0.29, 0.717) is 5.56 Å². The van der Waals surface area contributed by atoms with Gasteiger partial charge in [-0.15, -0.1) is 12.4 Å². The van der Waals surface area contributed by atoms with Gasteiger partial charge >= 0.3 is 0 Å². The van der Waals surface area contributed by atoms with Crippen molar-refractivity contribution in [1.29, 1.82) is 0 Å². The first-order valence-corrected chi connectivity index (χ1v) is 6.33. The highest BCUT2D eigenvalue weighted by atomic mass is 35.5. The minimum atomic E-state index is -3.69. The predicted octanol–water partition coefficient (Wildman–Crippen LogP) is 1.18. The van der Waals surface area contributed by atoms with E-state index in [-0.39, 0.29) is 29.9 Å². The Bertz CT molecular complexity index is 479. The molecular formula is C10H16ClFN2O2S. The fourth-order valence-corrected chi connectivity index (χ4v) is 2.75. The summed E-state index contributed by atoms with van der Waals surface area (Å²) in [7, 11) is -3.69. The lowest BCUT2D eigenvalue weighted by Crippen LogP contribution is -2.38. The first-order valence-electron chi connectivity index (χ1n) is 4.85. The SMILES string of the molecule is Cc1ccc(F)cc1S(=O)(=O)N[C@H](C)CN.Cl. The molecule has 0 aromatic heterocycles. The van der Waals surface area contributed by atoms with Crippen LogP contribution in [-0.2, 0) is 10.0 Å². The molecule has 0 bridgehead atoms. The van der Waals surface area contributed by atoms with Crippen LogP contribution >= 0.6 is 12.4 Å². The summed E-state index contributed by atoms with van der Waals surface area (Å²) in [5, 5.41) is 0. The van der Waals surface area contributed by atoms with Gasteiger partial charge in [-0.3, -0.25) is 0 Å². The molecule has 0 aliphatic carbocycles. The molecule has 0 aliphatic rings. The van der Waals surface area contributed by atoms with Crippen molar-refractivity contribution in [3.8, 4) is 0 Å². The molecular weight excluding hydrogens is 267 g/mol. The largest absolute Gasteiger partial charge is 0.329 e. The summed E-state index contributed by atoms with van der Waals surface area (Å²) in [4.78, 5) is -0.0483. The van der Waals surface area contributed by atoms with Gasteiger partial charge in [0.05, 0.1) is 4.90 Å². The summed E-state index contributed by atoms with van der Waals surface area (Å²) in [6, 6.07) is 3.27. The second kappa shape index (κ2) is 6.30. The number of halogens is 2.